The molecule has 0 aliphatic heterocycles. The van der Waals surface area contributed by atoms with E-state index in [-0.39, 0.29) is 23.7 Å². The number of rotatable bonds is 6. The first-order chi connectivity index (χ1) is 16.0. The van der Waals surface area contributed by atoms with Crippen LogP contribution in [0.4, 0.5) is 4.39 Å². The van der Waals surface area contributed by atoms with Crippen molar-refractivity contribution in [1.29, 1.82) is 0 Å². The van der Waals surface area contributed by atoms with E-state index in [0.29, 0.717) is 27.1 Å². The minimum Gasteiger partial charge on any atom is -0.345 e. The number of aromatic nitrogens is 1. The van der Waals surface area contributed by atoms with Gasteiger partial charge in [-0.2, -0.15) is 0 Å². The molecule has 2 atom stereocenters. The summed E-state index contributed by atoms with van der Waals surface area (Å²) in [5.41, 5.74) is 3.10. The summed E-state index contributed by atoms with van der Waals surface area (Å²) in [6.07, 6.45) is 3.51. The van der Waals surface area contributed by atoms with E-state index in [9.17, 15) is 13.4 Å². The summed E-state index contributed by atoms with van der Waals surface area (Å²) in [7, 11) is -1.47. The van der Waals surface area contributed by atoms with Crippen molar-refractivity contribution in [3.8, 4) is 11.3 Å². The summed E-state index contributed by atoms with van der Waals surface area (Å²) in [6, 6.07) is 22.9. The van der Waals surface area contributed by atoms with Crippen molar-refractivity contribution in [2.45, 2.75) is 23.8 Å². The summed E-state index contributed by atoms with van der Waals surface area (Å²) in [4.78, 5) is 19.0. The highest BCUT2D eigenvalue weighted by Crippen LogP contribution is 2.42. The summed E-state index contributed by atoms with van der Waals surface area (Å²) in [6.45, 7) is 0. The molecular formula is C27H23FN2O2S. The first-order valence-electron chi connectivity index (χ1n) is 10.9. The van der Waals surface area contributed by atoms with Gasteiger partial charge in [0.05, 0.1) is 38.5 Å². The Kier molecular flexibility index (Phi) is 5.77. The number of halogens is 1. The number of nitrogens with zero attached hydrogens (tertiary/aromatic N) is 1. The van der Waals surface area contributed by atoms with Crippen LogP contribution in [0.3, 0.4) is 0 Å². The van der Waals surface area contributed by atoms with Gasteiger partial charge in [-0.05, 0) is 42.5 Å². The summed E-state index contributed by atoms with van der Waals surface area (Å²) >= 11 is 0. The standard InChI is InChI=1S/C27H23FN2O2S/c1-33(32)26-23(27(31)30-24(18-14-15-18)19-10-7-11-20(28)16-19)21-12-5-6-13-22(21)29-25(26)17-8-3-2-4-9-17/h2-13,16,18,24H,14-15H2,1H3,(H,30,31)/t24-,33?/m0/s1. The van der Waals surface area contributed by atoms with Crippen molar-refractivity contribution < 1.29 is 13.4 Å². The van der Waals surface area contributed by atoms with Gasteiger partial charge in [-0.3, -0.25) is 9.00 Å². The maximum absolute atomic E-state index is 13.9. The van der Waals surface area contributed by atoms with Gasteiger partial charge in [0.2, 0.25) is 0 Å². The van der Waals surface area contributed by atoms with Crippen LogP contribution in [0.25, 0.3) is 22.2 Å². The van der Waals surface area contributed by atoms with Gasteiger partial charge in [-0.1, -0.05) is 60.7 Å². The largest absolute Gasteiger partial charge is 0.345 e. The molecule has 0 spiro atoms. The molecule has 1 fully saturated rings. The van der Waals surface area contributed by atoms with E-state index in [2.05, 4.69) is 5.32 Å². The second kappa shape index (κ2) is 8.87. The molecule has 1 heterocycles. The lowest BCUT2D eigenvalue weighted by Crippen LogP contribution is -2.31. The highest BCUT2D eigenvalue weighted by molar-refractivity contribution is 7.84. The van der Waals surface area contributed by atoms with Crippen molar-refractivity contribution in [2.24, 2.45) is 5.92 Å². The molecule has 1 aliphatic carbocycles. The minimum absolute atomic E-state index is 0.257. The van der Waals surface area contributed by atoms with Crippen LogP contribution in [-0.2, 0) is 10.8 Å². The van der Waals surface area contributed by atoms with Gasteiger partial charge in [-0.15, -0.1) is 0 Å². The lowest BCUT2D eigenvalue weighted by Gasteiger charge is -2.21. The maximum Gasteiger partial charge on any atom is 0.253 e. The molecule has 0 radical (unpaired) electrons. The Morgan fingerprint density at radius 3 is 2.45 bits per heavy atom. The average molecular weight is 459 g/mol. The van der Waals surface area contributed by atoms with Crippen LogP contribution in [0.1, 0.15) is 34.8 Å². The monoisotopic (exact) mass is 458 g/mol. The third-order valence-electron chi connectivity index (χ3n) is 6.00. The molecule has 0 saturated heterocycles. The van der Waals surface area contributed by atoms with E-state index in [1.165, 1.54) is 12.1 Å². The van der Waals surface area contributed by atoms with Crippen LogP contribution in [0, 0.1) is 11.7 Å². The second-order valence-electron chi connectivity index (χ2n) is 8.35. The lowest BCUT2D eigenvalue weighted by molar-refractivity contribution is 0.0930. The van der Waals surface area contributed by atoms with Crippen LogP contribution < -0.4 is 5.32 Å². The highest BCUT2D eigenvalue weighted by Gasteiger charge is 2.35. The number of hydrogen-bond donors (Lipinski definition) is 1. The van der Waals surface area contributed by atoms with Gasteiger partial charge >= 0.3 is 0 Å². The average Bonchev–Trinajstić information content (AvgIpc) is 3.67. The molecule has 6 heteroatoms. The molecule has 1 unspecified atom stereocenters. The van der Waals surface area contributed by atoms with Crippen LogP contribution in [0.2, 0.25) is 0 Å². The zero-order valence-electron chi connectivity index (χ0n) is 18.1. The zero-order chi connectivity index (χ0) is 22.9. The quantitative estimate of drug-likeness (QED) is 0.406. The fourth-order valence-corrected chi connectivity index (χ4v) is 5.23. The molecule has 1 aliphatic rings. The third kappa shape index (κ3) is 4.31. The number of benzene rings is 3. The van der Waals surface area contributed by atoms with Crippen molar-refractivity contribution in [3.05, 3.63) is 95.8 Å². The van der Waals surface area contributed by atoms with E-state index in [1.54, 1.807) is 12.3 Å². The van der Waals surface area contributed by atoms with Gasteiger partial charge in [0.1, 0.15) is 5.82 Å². The topological polar surface area (TPSA) is 59.1 Å². The Morgan fingerprint density at radius 1 is 1.03 bits per heavy atom. The van der Waals surface area contributed by atoms with Crippen LogP contribution in [-0.4, -0.2) is 21.4 Å². The first-order valence-corrected chi connectivity index (χ1v) is 12.5. The number of fused-ring (bicyclic) bond motifs is 1. The molecule has 166 valence electrons. The summed E-state index contributed by atoms with van der Waals surface area (Å²) in [5.74, 6) is -0.395. The highest BCUT2D eigenvalue weighted by atomic mass is 32.2. The first kappa shape index (κ1) is 21.5. The molecular weight excluding hydrogens is 435 g/mol. The van der Waals surface area contributed by atoms with Gasteiger partial charge in [0.15, 0.2) is 0 Å². The molecule has 33 heavy (non-hydrogen) atoms. The number of hydrogen-bond acceptors (Lipinski definition) is 3. The van der Waals surface area contributed by atoms with Gasteiger partial charge in [0.25, 0.3) is 5.91 Å². The normalized spacial score (nSPS) is 15.2. The third-order valence-corrected chi connectivity index (χ3v) is 6.97. The Balaban J connectivity index is 1.67. The van der Waals surface area contributed by atoms with Crippen molar-refractivity contribution in [1.82, 2.24) is 10.3 Å². The van der Waals surface area contributed by atoms with Gasteiger partial charge < -0.3 is 5.32 Å². The molecule has 0 bridgehead atoms. The number of nitrogens with one attached hydrogen (secondary N) is 1. The van der Waals surface area contributed by atoms with E-state index in [0.717, 1.165) is 24.0 Å². The van der Waals surface area contributed by atoms with Crippen LogP contribution >= 0.6 is 0 Å². The molecule has 4 aromatic rings. The Hall–Kier alpha value is -3.38. The number of pyridine rings is 1. The van der Waals surface area contributed by atoms with Gasteiger partial charge in [-0.25, -0.2) is 9.37 Å². The van der Waals surface area contributed by atoms with Crippen molar-refractivity contribution in [2.75, 3.05) is 6.26 Å². The molecule has 1 amide bonds. The summed E-state index contributed by atoms with van der Waals surface area (Å²) in [5, 5.41) is 3.78. The molecule has 1 saturated carbocycles. The fraction of sp³-hybridized carbons (Fsp3) is 0.185. The predicted octanol–water partition coefficient (Wildman–Crippen LogP) is 5.66. The number of amides is 1. The summed E-state index contributed by atoms with van der Waals surface area (Å²) < 4.78 is 26.9. The molecule has 5 rings (SSSR count). The van der Waals surface area contributed by atoms with Crippen molar-refractivity contribution in [3.63, 3.8) is 0 Å². The smallest absolute Gasteiger partial charge is 0.253 e. The molecule has 4 nitrogen and oxygen atoms in total. The Bertz CT molecular complexity index is 1370. The van der Waals surface area contributed by atoms with Crippen molar-refractivity contribution >= 4 is 27.6 Å². The van der Waals surface area contributed by atoms with Gasteiger partial charge in [0, 0.05) is 17.2 Å². The minimum atomic E-state index is -1.47. The number of carbonyl (C=O) groups excluding carboxylic acids is 1. The van der Waals surface area contributed by atoms with E-state index >= 15 is 0 Å². The molecule has 1 aromatic heterocycles. The van der Waals surface area contributed by atoms with E-state index < -0.39 is 10.8 Å². The van der Waals surface area contributed by atoms with Crippen LogP contribution in [0.5, 0.6) is 0 Å². The van der Waals surface area contributed by atoms with E-state index in [1.807, 2.05) is 60.7 Å². The number of para-hydroxylation sites is 1. The maximum atomic E-state index is 13.9. The van der Waals surface area contributed by atoms with E-state index in [4.69, 9.17) is 4.98 Å². The lowest BCUT2D eigenvalue weighted by atomic mass is 9.99. The number of carbonyl (C=O) groups is 1. The molecule has 1 N–H and O–H groups in total. The van der Waals surface area contributed by atoms with Crippen LogP contribution in [0.15, 0.2) is 83.8 Å². The fourth-order valence-electron chi connectivity index (χ4n) is 4.31. The zero-order valence-corrected chi connectivity index (χ0v) is 18.9. The Morgan fingerprint density at radius 2 is 1.76 bits per heavy atom. The SMILES string of the molecule is CS(=O)c1c(-c2ccccc2)nc2ccccc2c1C(=O)N[C@H](c1cccc(F)c1)C1CC1. The molecule has 3 aromatic carbocycles. The second-order valence-corrected chi connectivity index (χ2v) is 9.66. The Labute approximate surface area is 194 Å². The predicted molar refractivity (Wildman–Crippen MR) is 129 cm³/mol.